The Hall–Kier alpha value is -2.28. The summed E-state index contributed by atoms with van der Waals surface area (Å²) in [5.41, 5.74) is 0.418. The molecule has 1 heterocycles. The van der Waals surface area contributed by atoms with Gasteiger partial charge < -0.3 is 10.2 Å². The van der Waals surface area contributed by atoms with Crippen LogP contribution in [0.2, 0.25) is 0 Å². The minimum Gasteiger partial charge on any atom is -0.349 e. The van der Waals surface area contributed by atoms with Crippen LogP contribution in [0.4, 0.5) is 8.78 Å². The molecule has 0 bridgehead atoms. The lowest BCUT2D eigenvalue weighted by Gasteiger charge is -2.32. The number of benzene rings is 2. The molecule has 0 spiro atoms. The summed E-state index contributed by atoms with van der Waals surface area (Å²) in [5, 5.41) is 2.96. The second-order valence-corrected chi connectivity index (χ2v) is 7.00. The molecule has 136 valence electrons. The zero-order valence-electron chi connectivity index (χ0n) is 13.8. The van der Waals surface area contributed by atoms with Crippen LogP contribution in [0.5, 0.6) is 0 Å². The molecule has 2 aromatic carbocycles. The maximum Gasteiger partial charge on any atom is 0.256 e. The molecule has 0 aliphatic carbocycles. The standard InChI is InChI=1S/C19H17BrF2N2O2/c20-16-4-2-1-3-14(16)18(25)23-13-7-9-24(10-8-13)19(26)15-6-5-12(21)11-17(15)22/h1-6,11,13H,7-10H2,(H,23,25). The summed E-state index contributed by atoms with van der Waals surface area (Å²) in [6, 6.07) is 10.0. The SMILES string of the molecule is O=C(NC1CCN(C(=O)c2ccc(F)cc2F)CC1)c1ccccc1Br. The molecule has 2 aromatic rings. The van der Waals surface area contributed by atoms with Crippen LogP contribution in [0.25, 0.3) is 0 Å². The second-order valence-electron chi connectivity index (χ2n) is 6.14. The van der Waals surface area contributed by atoms with Gasteiger partial charge in [-0.05, 0) is 53.0 Å². The molecule has 0 radical (unpaired) electrons. The third-order valence-corrected chi connectivity index (χ3v) is 5.09. The van der Waals surface area contributed by atoms with Gasteiger partial charge in [0.05, 0.1) is 11.1 Å². The first-order valence-corrected chi connectivity index (χ1v) is 9.04. The van der Waals surface area contributed by atoms with Crippen LogP contribution in [0.3, 0.4) is 0 Å². The molecule has 1 saturated heterocycles. The van der Waals surface area contributed by atoms with Crippen molar-refractivity contribution in [1.82, 2.24) is 10.2 Å². The number of likely N-dealkylation sites (tertiary alicyclic amines) is 1. The van der Waals surface area contributed by atoms with Crippen molar-refractivity contribution in [3.63, 3.8) is 0 Å². The quantitative estimate of drug-likeness (QED) is 0.818. The highest BCUT2D eigenvalue weighted by atomic mass is 79.9. The summed E-state index contributed by atoms with van der Waals surface area (Å²) in [6.07, 6.45) is 1.15. The highest BCUT2D eigenvalue weighted by molar-refractivity contribution is 9.10. The average Bonchev–Trinajstić information content (AvgIpc) is 2.62. The Morgan fingerprint density at radius 1 is 1.04 bits per heavy atom. The van der Waals surface area contributed by atoms with Crippen molar-refractivity contribution >= 4 is 27.7 Å². The molecule has 1 aliphatic rings. The lowest BCUT2D eigenvalue weighted by Crippen LogP contribution is -2.46. The molecule has 0 unspecified atom stereocenters. The van der Waals surface area contributed by atoms with E-state index in [4.69, 9.17) is 0 Å². The zero-order valence-corrected chi connectivity index (χ0v) is 15.4. The van der Waals surface area contributed by atoms with E-state index in [1.54, 1.807) is 18.2 Å². The number of nitrogens with one attached hydrogen (secondary N) is 1. The van der Waals surface area contributed by atoms with Gasteiger partial charge in [0.15, 0.2) is 0 Å². The van der Waals surface area contributed by atoms with Gasteiger partial charge >= 0.3 is 0 Å². The summed E-state index contributed by atoms with van der Waals surface area (Å²) >= 11 is 3.35. The third-order valence-electron chi connectivity index (χ3n) is 4.40. The zero-order chi connectivity index (χ0) is 18.7. The number of rotatable bonds is 3. The fourth-order valence-corrected chi connectivity index (χ4v) is 3.43. The van der Waals surface area contributed by atoms with Crippen molar-refractivity contribution in [2.24, 2.45) is 0 Å². The number of hydrogen-bond acceptors (Lipinski definition) is 2. The van der Waals surface area contributed by atoms with Gasteiger partial charge in [-0.15, -0.1) is 0 Å². The van der Waals surface area contributed by atoms with Crippen LogP contribution in [-0.2, 0) is 0 Å². The van der Waals surface area contributed by atoms with E-state index in [9.17, 15) is 18.4 Å². The Bertz CT molecular complexity index is 836. The summed E-state index contributed by atoms with van der Waals surface area (Å²) in [5.74, 6) is -2.21. The lowest BCUT2D eigenvalue weighted by molar-refractivity contribution is 0.0693. The number of hydrogen-bond donors (Lipinski definition) is 1. The Labute approximate surface area is 158 Å². The van der Waals surface area contributed by atoms with Crippen molar-refractivity contribution in [3.8, 4) is 0 Å². The van der Waals surface area contributed by atoms with E-state index in [0.29, 0.717) is 37.6 Å². The minimum atomic E-state index is -0.862. The highest BCUT2D eigenvalue weighted by Crippen LogP contribution is 2.19. The Morgan fingerprint density at radius 3 is 2.38 bits per heavy atom. The monoisotopic (exact) mass is 422 g/mol. The molecule has 0 saturated carbocycles. The smallest absolute Gasteiger partial charge is 0.256 e. The van der Waals surface area contributed by atoms with E-state index in [1.807, 2.05) is 6.07 Å². The summed E-state index contributed by atoms with van der Waals surface area (Å²) in [4.78, 5) is 26.3. The van der Waals surface area contributed by atoms with Crippen molar-refractivity contribution in [2.75, 3.05) is 13.1 Å². The van der Waals surface area contributed by atoms with E-state index in [2.05, 4.69) is 21.2 Å². The highest BCUT2D eigenvalue weighted by Gasteiger charge is 2.26. The molecule has 1 fully saturated rings. The van der Waals surface area contributed by atoms with Crippen LogP contribution in [0.15, 0.2) is 46.9 Å². The van der Waals surface area contributed by atoms with Crippen molar-refractivity contribution < 1.29 is 18.4 Å². The Kier molecular flexibility index (Phi) is 5.66. The molecule has 26 heavy (non-hydrogen) atoms. The molecule has 2 amide bonds. The summed E-state index contributed by atoms with van der Waals surface area (Å²) in [7, 11) is 0. The van der Waals surface area contributed by atoms with E-state index in [1.165, 1.54) is 4.90 Å². The second kappa shape index (κ2) is 7.95. The van der Waals surface area contributed by atoms with Gasteiger partial charge in [0.1, 0.15) is 11.6 Å². The third kappa shape index (κ3) is 4.09. The van der Waals surface area contributed by atoms with Crippen LogP contribution < -0.4 is 5.32 Å². The minimum absolute atomic E-state index is 0.0586. The van der Waals surface area contributed by atoms with Crippen LogP contribution in [-0.4, -0.2) is 35.8 Å². The first kappa shape index (κ1) is 18.5. The molecule has 0 aromatic heterocycles. The topological polar surface area (TPSA) is 49.4 Å². The summed E-state index contributed by atoms with van der Waals surface area (Å²) in [6.45, 7) is 0.799. The largest absolute Gasteiger partial charge is 0.349 e. The molecular weight excluding hydrogens is 406 g/mol. The molecule has 4 nitrogen and oxygen atoms in total. The number of carbonyl (C=O) groups is 2. The molecular formula is C19H17BrF2N2O2. The van der Waals surface area contributed by atoms with Crippen molar-refractivity contribution in [2.45, 2.75) is 18.9 Å². The lowest BCUT2D eigenvalue weighted by atomic mass is 10.0. The van der Waals surface area contributed by atoms with Crippen LogP contribution in [0.1, 0.15) is 33.6 Å². The molecule has 0 atom stereocenters. The fourth-order valence-electron chi connectivity index (χ4n) is 2.97. The average molecular weight is 423 g/mol. The number of nitrogens with zero attached hydrogens (tertiary/aromatic N) is 1. The normalized spacial score (nSPS) is 15.0. The summed E-state index contributed by atoms with van der Waals surface area (Å²) < 4.78 is 27.5. The number of carbonyl (C=O) groups excluding carboxylic acids is 2. The van der Waals surface area contributed by atoms with Crippen LogP contribution in [0, 0.1) is 11.6 Å². The van der Waals surface area contributed by atoms with Gasteiger partial charge in [0, 0.05) is 29.7 Å². The van der Waals surface area contributed by atoms with E-state index in [0.717, 1.165) is 16.6 Å². The first-order chi connectivity index (χ1) is 12.5. The maximum absolute atomic E-state index is 13.8. The molecule has 1 aliphatic heterocycles. The van der Waals surface area contributed by atoms with Crippen molar-refractivity contribution in [1.29, 1.82) is 0 Å². The van der Waals surface area contributed by atoms with Gasteiger partial charge in [0.25, 0.3) is 11.8 Å². The first-order valence-electron chi connectivity index (χ1n) is 8.25. The van der Waals surface area contributed by atoms with E-state index in [-0.39, 0.29) is 17.5 Å². The van der Waals surface area contributed by atoms with Crippen LogP contribution >= 0.6 is 15.9 Å². The van der Waals surface area contributed by atoms with Crippen molar-refractivity contribution in [3.05, 3.63) is 69.7 Å². The predicted molar refractivity (Wildman–Crippen MR) is 96.9 cm³/mol. The van der Waals surface area contributed by atoms with Gasteiger partial charge in [-0.3, -0.25) is 9.59 Å². The number of piperidine rings is 1. The Morgan fingerprint density at radius 2 is 1.73 bits per heavy atom. The Balaban J connectivity index is 1.58. The van der Waals surface area contributed by atoms with Gasteiger partial charge in [-0.2, -0.15) is 0 Å². The van der Waals surface area contributed by atoms with Gasteiger partial charge in [-0.1, -0.05) is 12.1 Å². The predicted octanol–water partition coefficient (Wildman–Crippen LogP) is 3.76. The maximum atomic E-state index is 13.8. The molecule has 3 rings (SSSR count). The molecule has 1 N–H and O–H groups in total. The fraction of sp³-hybridized carbons (Fsp3) is 0.263. The van der Waals surface area contributed by atoms with Gasteiger partial charge in [0.2, 0.25) is 0 Å². The molecule has 7 heteroatoms. The van der Waals surface area contributed by atoms with Gasteiger partial charge in [-0.25, -0.2) is 8.78 Å². The van der Waals surface area contributed by atoms with E-state index >= 15 is 0 Å². The number of amides is 2. The number of halogens is 3. The van der Waals surface area contributed by atoms with E-state index < -0.39 is 17.5 Å².